The average molecular weight is 202 g/mol. The topological polar surface area (TPSA) is 34.4 Å². The van der Waals surface area contributed by atoms with Crippen molar-refractivity contribution in [2.24, 2.45) is 0 Å². The summed E-state index contributed by atoms with van der Waals surface area (Å²) in [6.45, 7) is 5.75. The number of rotatable bonds is 2. The van der Waals surface area contributed by atoms with Gasteiger partial charge in [-0.15, -0.1) is 0 Å². The third kappa shape index (κ3) is 1.44. The molecule has 78 valence electrons. The summed E-state index contributed by atoms with van der Waals surface area (Å²) in [5, 5.41) is 0. The molecular formula is C12H14N2O. The summed E-state index contributed by atoms with van der Waals surface area (Å²) in [6, 6.07) is 5.87. The van der Waals surface area contributed by atoms with Gasteiger partial charge in [0.15, 0.2) is 5.78 Å². The molecule has 0 atom stereocenters. The lowest BCUT2D eigenvalue weighted by atomic mass is 10.2. The third-order valence-electron chi connectivity index (χ3n) is 2.60. The summed E-state index contributed by atoms with van der Waals surface area (Å²) in [4.78, 5) is 16.2. The molecule has 0 spiro atoms. The first-order valence-corrected chi connectivity index (χ1v) is 5.13. The van der Waals surface area contributed by atoms with Crippen molar-refractivity contribution in [1.82, 2.24) is 9.38 Å². The molecule has 3 nitrogen and oxygen atoms in total. The molecule has 0 aromatic carbocycles. The van der Waals surface area contributed by atoms with Crippen molar-refractivity contribution < 1.29 is 4.79 Å². The van der Waals surface area contributed by atoms with Gasteiger partial charge in [0.2, 0.25) is 0 Å². The standard InChI is InChI=1S/C12H14N2O/c1-4-10(15)12-9(3)13-11-7-5-6-8(2)14(11)12/h5-7H,4H2,1-3H3. The van der Waals surface area contributed by atoms with E-state index in [1.807, 2.05) is 43.4 Å². The van der Waals surface area contributed by atoms with Crippen LogP contribution in [0.1, 0.15) is 35.2 Å². The number of hydrogen-bond donors (Lipinski definition) is 0. The van der Waals surface area contributed by atoms with E-state index in [1.165, 1.54) is 0 Å². The second kappa shape index (κ2) is 3.50. The van der Waals surface area contributed by atoms with E-state index in [4.69, 9.17) is 0 Å². The number of carbonyl (C=O) groups excluding carboxylic acids is 1. The minimum absolute atomic E-state index is 0.148. The van der Waals surface area contributed by atoms with Gasteiger partial charge in [0.25, 0.3) is 0 Å². The normalized spacial score (nSPS) is 10.9. The van der Waals surface area contributed by atoms with E-state index in [-0.39, 0.29) is 5.78 Å². The number of ketones is 1. The van der Waals surface area contributed by atoms with Crippen molar-refractivity contribution in [2.75, 3.05) is 0 Å². The Bertz CT molecular complexity index is 526. The van der Waals surface area contributed by atoms with Gasteiger partial charge in [-0.2, -0.15) is 0 Å². The molecule has 2 heterocycles. The smallest absolute Gasteiger partial charge is 0.181 e. The van der Waals surface area contributed by atoms with E-state index >= 15 is 0 Å². The summed E-state index contributed by atoms with van der Waals surface area (Å²) in [7, 11) is 0. The van der Waals surface area contributed by atoms with Crippen LogP contribution in [0.25, 0.3) is 5.65 Å². The van der Waals surface area contributed by atoms with Crippen LogP contribution in [0.3, 0.4) is 0 Å². The first kappa shape index (κ1) is 9.90. The molecule has 15 heavy (non-hydrogen) atoms. The summed E-state index contributed by atoms with van der Waals surface area (Å²) < 4.78 is 1.93. The van der Waals surface area contributed by atoms with Gasteiger partial charge in [-0.3, -0.25) is 9.20 Å². The number of pyridine rings is 1. The molecule has 2 aromatic heterocycles. The van der Waals surface area contributed by atoms with Gasteiger partial charge in [-0.1, -0.05) is 13.0 Å². The highest BCUT2D eigenvalue weighted by molar-refractivity contribution is 5.96. The molecule has 0 aliphatic carbocycles. The van der Waals surface area contributed by atoms with Crippen molar-refractivity contribution in [3.05, 3.63) is 35.3 Å². The monoisotopic (exact) mass is 202 g/mol. The lowest BCUT2D eigenvalue weighted by molar-refractivity contribution is 0.0981. The highest BCUT2D eigenvalue weighted by Crippen LogP contribution is 2.16. The minimum Gasteiger partial charge on any atom is -0.294 e. The van der Waals surface area contributed by atoms with Gasteiger partial charge in [0, 0.05) is 12.1 Å². The van der Waals surface area contributed by atoms with Crippen LogP contribution in [0, 0.1) is 13.8 Å². The summed E-state index contributed by atoms with van der Waals surface area (Å²) in [6.07, 6.45) is 0.517. The van der Waals surface area contributed by atoms with Crippen LogP contribution in [0.4, 0.5) is 0 Å². The zero-order valence-corrected chi connectivity index (χ0v) is 9.24. The number of Topliss-reactive ketones (excluding diaryl/α,β-unsaturated/α-hetero) is 1. The zero-order valence-electron chi connectivity index (χ0n) is 9.24. The number of hydrogen-bond acceptors (Lipinski definition) is 2. The fourth-order valence-corrected chi connectivity index (χ4v) is 1.86. The van der Waals surface area contributed by atoms with Crippen molar-refractivity contribution in [3.63, 3.8) is 0 Å². The van der Waals surface area contributed by atoms with Gasteiger partial charge in [0.05, 0.1) is 5.69 Å². The van der Waals surface area contributed by atoms with Crippen molar-refractivity contribution in [3.8, 4) is 0 Å². The molecule has 0 N–H and O–H groups in total. The summed E-state index contributed by atoms with van der Waals surface area (Å²) >= 11 is 0. The number of imidazole rings is 1. The van der Waals surface area contributed by atoms with Crippen LogP contribution in [0.5, 0.6) is 0 Å². The van der Waals surface area contributed by atoms with E-state index in [2.05, 4.69) is 4.98 Å². The van der Waals surface area contributed by atoms with Crippen LogP contribution in [-0.2, 0) is 0 Å². The number of nitrogens with zero attached hydrogens (tertiary/aromatic N) is 2. The van der Waals surface area contributed by atoms with Crippen molar-refractivity contribution in [1.29, 1.82) is 0 Å². The van der Waals surface area contributed by atoms with Crippen LogP contribution >= 0.6 is 0 Å². The Hall–Kier alpha value is -1.64. The summed E-state index contributed by atoms with van der Waals surface area (Å²) in [5.41, 5.74) is 3.44. The molecule has 0 radical (unpaired) electrons. The first-order valence-electron chi connectivity index (χ1n) is 5.13. The molecule has 3 heteroatoms. The lowest BCUT2D eigenvalue weighted by Gasteiger charge is -2.03. The van der Waals surface area contributed by atoms with E-state index in [9.17, 15) is 4.79 Å². The molecule has 0 aliphatic heterocycles. The Kier molecular flexibility index (Phi) is 2.31. The van der Waals surface area contributed by atoms with Gasteiger partial charge in [-0.05, 0) is 26.0 Å². The van der Waals surface area contributed by atoms with E-state index in [1.54, 1.807) is 0 Å². The van der Waals surface area contributed by atoms with Crippen LogP contribution in [0.15, 0.2) is 18.2 Å². The maximum Gasteiger partial charge on any atom is 0.181 e. The summed E-state index contributed by atoms with van der Waals surface area (Å²) in [5.74, 6) is 0.148. The molecule has 0 aliphatic rings. The third-order valence-corrected chi connectivity index (χ3v) is 2.60. The zero-order chi connectivity index (χ0) is 11.0. The number of fused-ring (bicyclic) bond motifs is 1. The number of carbonyl (C=O) groups is 1. The van der Waals surface area contributed by atoms with Crippen molar-refractivity contribution >= 4 is 11.4 Å². The first-order chi connectivity index (χ1) is 7.15. The predicted molar refractivity (Wildman–Crippen MR) is 59.3 cm³/mol. The Morgan fingerprint density at radius 1 is 1.40 bits per heavy atom. The Morgan fingerprint density at radius 2 is 2.13 bits per heavy atom. The average Bonchev–Trinajstić information content (AvgIpc) is 2.55. The maximum atomic E-state index is 11.8. The number of aryl methyl sites for hydroxylation is 2. The van der Waals surface area contributed by atoms with Crippen molar-refractivity contribution in [2.45, 2.75) is 27.2 Å². The Morgan fingerprint density at radius 3 is 2.80 bits per heavy atom. The molecule has 0 unspecified atom stereocenters. The molecule has 2 aromatic rings. The van der Waals surface area contributed by atoms with Gasteiger partial charge >= 0.3 is 0 Å². The molecule has 0 saturated heterocycles. The van der Waals surface area contributed by atoms with Crippen LogP contribution in [-0.4, -0.2) is 15.2 Å². The predicted octanol–water partition coefficient (Wildman–Crippen LogP) is 2.54. The Balaban J connectivity index is 2.82. The molecule has 0 bridgehead atoms. The highest BCUT2D eigenvalue weighted by atomic mass is 16.1. The molecular weight excluding hydrogens is 188 g/mol. The quantitative estimate of drug-likeness (QED) is 0.701. The second-order valence-corrected chi connectivity index (χ2v) is 3.68. The second-order valence-electron chi connectivity index (χ2n) is 3.68. The molecule has 0 saturated carbocycles. The SMILES string of the molecule is CCC(=O)c1c(C)nc2cccc(C)n12. The molecule has 0 fully saturated rings. The Labute approximate surface area is 88.8 Å². The van der Waals surface area contributed by atoms with Gasteiger partial charge in [-0.25, -0.2) is 4.98 Å². The van der Waals surface area contributed by atoms with Gasteiger partial charge in [0.1, 0.15) is 11.3 Å². The van der Waals surface area contributed by atoms with Gasteiger partial charge < -0.3 is 0 Å². The van der Waals surface area contributed by atoms with E-state index in [0.717, 1.165) is 22.7 Å². The van der Waals surface area contributed by atoms with E-state index < -0.39 is 0 Å². The molecule has 0 amide bonds. The van der Waals surface area contributed by atoms with Crippen LogP contribution in [0.2, 0.25) is 0 Å². The fourth-order valence-electron chi connectivity index (χ4n) is 1.86. The highest BCUT2D eigenvalue weighted by Gasteiger charge is 2.15. The maximum absolute atomic E-state index is 11.8. The molecule has 2 rings (SSSR count). The lowest BCUT2D eigenvalue weighted by Crippen LogP contribution is -2.05. The largest absolute Gasteiger partial charge is 0.294 e. The number of aromatic nitrogens is 2. The van der Waals surface area contributed by atoms with E-state index in [0.29, 0.717) is 6.42 Å². The minimum atomic E-state index is 0.148. The van der Waals surface area contributed by atoms with Crippen LogP contribution < -0.4 is 0 Å². The fraction of sp³-hybridized carbons (Fsp3) is 0.333.